The van der Waals surface area contributed by atoms with Crippen molar-refractivity contribution >= 4 is 55.2 Å². The lowest BCUT2D eigenvalue weighted by Gasteiger charge is -2.46. The molecule has 2 fully saturated rings. The fourth-order valence-corrected chi connectivity index (χ4v) is 14.9. The van der Waals surface area contributed by atoms with Crippen LogP contribution in [0.2, 0.25) is 11.4 Å². The summed E-state index contributed by atoms with van der Waals surface area (Å²) in [6, 6.07) is 35.0. The van der Waals surface area contributed by atoms with E-state index in [-0.39, 0.29) is 48.5 Å². The maximum absolute atomic E-state index is 14.5. The number of allylic oxidation sites excluding steroid dienone is 1. The van der Waals surface area contributed by atoms with E-state index in [0.29, 0.717) is 38.5 Å². The van der Waals surface area contributed by atoms with Crippen LogP contribution in [-0.2, 0) is 23.5 Å². The second kappa shape index (κ2) is 19.1. The molecular weight excluding hydrogens is 793 g/mol. The molecule has 62 heavy (non-hydrogen) atoms. The van der Waals surface area contributed by atoms with Crippen molar-refractivity contribution < 1.29 is 38.7 Å². The third-order valence-electron chi connectivity index (χ3n) is 13.2. The van der Waals surface area contributed by atoms with Crippen LogP contribution in [0.3, 0.4) is 0 Å². The van der Waals surface area contributed by atoms with Gasteiger partial charge in [0.05, 0.1) is 24.5 Å². The number of aryl methyl sites for hydroxylation is 2. The Morgan fingerprint density at radius 3 is 2.03 bits per heavy atom. The van der Waals surface area contributed by atoms with Crippen LogP contribution in [0.25, 0.3) is 11.6 Å². The number of aliphatic carboxylic acids is 1. The average molecular weight is 854 g/mol. The van der Waals surface area contributed by atoms with Gasteiger partial charge in [0.1, 0.15) is 5.75 Å². The number of rotatable bonds is 16. The Balaban J connectivity index is 1.29. The molecule has 324 valence electrons. The summed E-state index contributed by atoms with van der Waals surface area (Å²) in [6.07, 6.45) is 4.88. The molecule has 2 heterocycles. The van der Waals surface area contributed by atoms with Crippen molar-refractivity contribution in [2.24, 2.45) is 17.8 Å². The summed E-state index contributed by atoms with van der Waals surface area (Å²) >= 11 is 0. The molecule has 2 aliphatic heterocycles. The first-order valence-corrected chi connectivity index (χ1v) is 24.0. The predicted octanol–water partition coefficient (Wildman–Crippen LogP) is 8.35. The fraction of sp³-hybridized carbons (Fsp3) is 0.392. The number of carbonyl (C=O) groups is 3. The lowest BCUT2D eigenvalue weighted by Crippen LogP contribution is -2.66. The minimum Gasteiger partial charge on any atom is -0.507 e. The summed E-state index contributed by atoms with van der Waals surface area (Å²) in [4.78, 5) is 41.4. The summed E-state index contributed by atoms with van der Waals surface area (Å²) in [5, 5.41) is 33.2. The van der Waals surface area contributed by atoms with Gasteiger partial charge in [-0.25, -0.2) is 0 Å². The molecule has 4 atom stereocenters. The Bertz CT molecular complexity index is 2250. The fourth-order valence-electron chi connectivity index (χ4n) is 10.4. The van der Waals surface area contributed by atoms with Crippen LogP contribution in [0.15, 0.2) is 114 Å². The largest absolute Gasteiger partial charge is 0.507 e. The summed E-state index contributed by atoms with van der Waals surface area (Å²) in [6.45, 7) is 11.0. The van der Waals surface area contributed by atoms with E-state index < -0.39 is 45.3 Å². The molecular formula is C51H60BNO8Si. The van der Waals surface area contributed by atoms with Gasteiger partial charge in [0.25, 0.3) is 8.32 Å². The van der Waals surface area contributed by atoms with Crippen LogP contribution >= 0.6 is 0 Å². The molecule has 4 aromatic carbocycles. The molecule has 11 heteroatoms. The number of carbonyl (C=O) groups excluding carboxylic acids is 2. The molecule has 2 amide bonds. The highest BCUT2D eigenvalue weighted by Gasteiger charge is 2.58. The molecule has 0 saturated carbocycles. The van der Waals surface area contributed by atoms with Gasteiger partial charge in [0.15, 0.2) is 0 Å². The number of imide groups is 1. The summed E-state index contributed by atoms with van der Waals surface area (Å²) < 4.78 is 14.1. The Morgan fingerprint density at radius 2 is 1.45 bits per heavy atom. The molecule has 0 bridgehead atoms. The van der Waals surface area contributed by atoms with Crippen molar-refractivity contribution in [3.63, 3.8) is 0 Å². The van der Waals surface area contributed by atoms with Gasteiger partial charge in [-0.1, -0.05) is 124 Å². The first-order chi connectivity index (χ1) is 29.7. The SMILES string of the molecule is Cc1cc(/C=C(/CC[C@H]2OB(O)C[C@H]3C2=C(CO[Si](c2ccccc2)(c2ccccc2)C(C)(C)C)C[C@H]2C(=O)N(CCCCCC(=O)O)C(=O)[C@H]23)c2ccccc2)cc(C)c1O. The monoisotopic (exact) mass is 853 g/mol. The van der Waals surface area contributed by atoms with Gasteiger partial charge in [-0.05, 0) is 125 Å². The van der Waals surface area contributed by atoms with Crippen molar-refractivity contribution in [3.05, 3.63) is 137 Å². The van der Waals surface area contributed by atoms with Gasteiger partial charge >= 0.3 is 13.1 Å². The molecule has 7 rings (SSSR count). The first-order valence-electron chi connectivity index (χ1n) is 22.1. The average Bonchev–Trinajstić information content (AvgIpc) is 3.49. The smallest absolute Gasteiger partial charge is 0.455 e. The number of benzene rings is 4. The van der Waals surface area contributed by atoms with E-state index >= 15 is 0 Å². The molecule has 0 spiro atoms. The number of phenols is 1. The number of likely N-dealkylation sites (tertiary alicyclic amines) is 1. The van der Waals surface area contributed by atoms with E-state index in [2.05, 4.69) is 87.5 Å². The van der Waals surface area contributed by atoms with E-state index in [1.54, 1.807) is 0 Å². The lowest BCUT2D eigenvalue weighted by molar-refractivity contribution is -0.141. The Kier molecular flexibility index (Phi) is 13.9. The van der Waals surface area contributed by atoms with Crippen molar-refractivity contribution in [2.45, 2.75) is 97.0 Å². The Labute approximate surface area is 367 Å². The molecule has 1 aliphatic carbocycles. The van der Waals surface area contributed by atoms with Crippen molar-refractivity contribution in [3.8, 4) is 5.75 Å². The topological polar surface area (TPSA) is 134 Å². The molecule has 9 nitrogen and oxygen atoms in total. The van der Waals surface area contributed by atoms with E-state index in [0.717, 1.165) is 49.3 Å². The van der Waals surface area contributed by atoms with Gasteiger partial charge < -0.3 is 24.3 Å². The van der Waals surface area contributed by atoms with Crippen molar-refractivity contribution in [1.29, 1.82) is 0 Å². The normalized spacial score (nSPS) is 20.7. The number of hydrogen-bond acceptors (Lipinski definition) is 7. The van der Waals surface area contributed by atoms with Crippen LogP contribution in [0.5, 0.6) is 5.75 Å². The zero-order valence-corrected chi connectivity index (χ0v) is 37.7. The van der Waals surface area contributed by atoms with Gasteiger partial charge in [-0.2, -0.15) is 0 Å². The summed E-state index contributed by atoms with van der Waals surface area (Å²) in [7, 11) is -4.16. The van der Waals surface area contributed by atoms with Crippen LogP contribution in [0.1, 0.15) is 88.0 Å². The molecule has 3 N–H and O–H groups in total. The number of amides is 2. The van der Waals surface area contributed by atoms with Crippen LogP contribution < -0.4 is 10.4 Å². The second-order valence-corrected chi connectivity index (χ2v) is 22.7. The molecule has 0 radical (unpaired) electrons. The standard InChI is InChI=1S/C51H60BNO8Si/c1-34-28-36(29-35(2)48(34)56)30-38(37-18-10-6-11-19-37)25-26-44-46-39(33-60-62(51(3,4)5,40-20-12-7-13-21-40)41-22-14-8-15-23-41)31-42-47(43(46)32-52(59)61-44)50(58)53(49(42)57)27-17-9-16-24-45(54)55/h6-8,10-15,18-23,28-30,42-44,47,56,59H,9,16-17,24-27,31-33H2,1-5H3,(H,54,55)/b38-30-/t42-,43+,44-,47-/m1/s1. The second-order valence-electron chi connectivity index (χ2n) is 18.4. The number of phenolic OH excluding ortho intramolecular Hbond substituents is 1. The Hall–Kier alpha value is -5.07. The number of nitrogens with zero attached hydrogens (tertiary/aromatic N) is 1. The van der Waals surface area contributed by atoms with Crippen LogP contribution in [0, 0.1) is 31.6 Å². The number of fused-ring (bicyclic) bond motifs is 3. The maximum atomic E-state index is 14.5. The Morgan fingerprint density at radius 1 is 0.855 bits per heavy atom. The first kappa shape index (κ1) is 45.0. The number of carboxylic acids is 1. The molecule has 3 aliphatic rings. The van der Waals surface area contributed by atoms with E-state index in [1.807, 2.05) is 56.3 Å². The number of hydrogen-bond donors (Lipinski definition) is 3. The van der Waals surface area contributed by atoms with Gasteiger partial charge in [-0.3, -0.25) is 19.3 Å². The van der Waals surface area contributed by atoms with Crippen molar-refractivity contribution in [2.75, 3.05) is 13.2 Å². The number of unbranched alkanes of at least 4 members (excludes halogenated alkanes) is 2. The third-order valence-corrected chi connectivity index (χ3v) is 18.2. The van der Waals surface area contributed by atoms with Crippen LogP contribution in [-0.4, -0.2) is 72.6 Å². The summed E-state index contributed by atoms with van der Waals surface area (Å²) in [5.74, 6) is -2.66. The van der Waals surface area contributed by atoms with Crippen molar-refractivity contribution in [1.82, 2.24) is 4.90 Å². The minimum absolute atomic E-state index is 0.0475. The number of carboxylic acid groups (broad SMARTS) is 1. The predicted molar refractivity (Wildman–Crippen MR) is 247 cm³/mol. The molecule has 2 saturated heterocycles. The number of aromatic hydroxyl groups is 1. The molecule has 0 unspecified atom stereocenters. The molecule has 4 aromatic rings. The summed E-state index contributed by atoms with van der Waals surface area (Å²) in [5.41, 5.74) is 6.59. The van der Waals surface area contributed by atoms with E-state index in [9.17, 15) is 24.5 Å². The zero-order chi connectivity index (χ0) is 44.2. The highest BCUT2D eigenvalue weighted by atomic mass is 28.4. The van der Waals surface area contributed by atoms with Gasteiger partial charge in [-0.15, -0.1) is 0 Å². The van der Waals surface area contributed by atoms with Gasteiger partial charge in [0.2, 0.25) is 11.8 Å². The zero-order valence-electron chi connectivity index (χ0n) is 36.7. The third kappa shape index (κ3) is 9.32. The quantitative estimate of drug-likeness (QED) is 0.0337. The van der Waals surface area contributed by atoms with Gasteiger partial charge in [0, 0.05) is 13.0 Å². The lowest BCUT2D eigenvalue weighted by atomic mass is 9.58. The maximum Gasteiger partial charge on any atom is 0.455 e. The highest BCUT2D eigenvalue weighted by Crippen LogP contribution is 2.51. The van der Waals surface area contributed by atoms with Crippen LogP contribution in [0.4, 0.5) is 0 Å². The molecule has 0 aromatic heterocycles. The minimum atomic E-state index is -3.03. The highest BCUT2D eigenvalue weighted by molar-refractivity contribution is 6.99. The van der Waals surface area contributed by atoms with E-state index in [1.165, 1.54) is 4.90 Å². The van der Waals surface area contributed by atoms with E-state index in [4.69, 9.17) is 14.2 Å².